The van der Waals surface area contributed by atoms with Gasteiger partial charge in [0, 0.05) is 11.6 Å². The summed E-state index contributed by atoms with van der Waals surface area (Å²) < 4.78 is 80.9. The Morgan fingerprint density at radius 1 is 1.28 bits per heavy atom. The number of terminal acetylenes is 1. The smallest absolute Gasteiger partial charge is 0.309 e. The van der Waals surface area contributed by atoms with E-state index in [1.165, 1.54) is 0 Å². The van der Waals surface area contributed by atoms with Crippen LogP contribution in [0.1, 0.15) is 18.2 Å². The molecule has 0 N–H and O–H groups in total. The SMILES string of the molecule is C#CCn1c(C(F)(F)F)nc2cc(F)c(-c3nc(C)n(C(F)F)c(=O)c3Cl)cc21. The van der Waals surface area contributed by atoms with Gasteiger partial charge in [-0.1, -0.05) is 17.5 Å². The molecule has 0 atom stereocenters. The second kappa shape index (κ2) is 7.11. The molecule has 0 spiro atoms. The summed E-state index contributed by atoms with van der Waals surface area (Å²) in [6.45, 7) is -2.68. The molecule has 3 rings (SSSR count). The van der Waals surface area contributed by atoms with E-state index in [0.717, 1.165) is 13.0 Å². The van der Waals surface area contributed by atoms with Crippen LogP contribution in [0.2, 0.25) is 5.02 Å². The molecule has 5 nitrogen and oxygen atoms in total. The molecule has 0 amide bonds. The fourth-order valence-corrected chi connectivity index (χ4v) is 3.06. The van der Waals surface area contributed by atoms with Crippen molar-refractivity contribution in [3.05, 3.63) is 45.0 Å². The Balaban J connectivity index is 2.35. The third-order valence-electron chi connectivity index (χ3n) is 4.03. The molecule has 0 aliphatic heterocycles. The summed E-state index contributed by atoms with van der Waals surface area (Å²) in [6, 6.07) is 1.63. The summed E-state index contributed by atoms with van der Waals surface area (Å²) in [6.07, 6.45) is 0.258. The van der Waals surface area contributed by atoms with Crippen LogP contribution in [0.3, 0.4) is 0 Å². The van der Waals surface area contributed by atoms with Gasteiger partial charge in [-0.05, 0) is 13.0 Å². The normalized spacial score (nSPS) is 12.0. The van der Waals surface area contributed by atoms with Crippen LogP contribution in [0.15, 0.2) is 16.9 Å². The van der Waals surface area contributed by atoms with Gasteiger partial charge in [0.1, 0.15) is 16.7 Å². The van der Waals surface area contributed by atoms with Crippen LogP contribution >= 0.6 is 11.6 Å². The molecule has 1 aromatic carbocycles. The van der Waals surface area contributed by atoms with E-state index in [0.29, 0.717) is 10.6 Å². The van der Waals surface area contributed by atoms with Crippen molar-refractivity contribution in [2.24, 2.45) is 0 Å². The van der Waals surface area contributed by atoms with Crippen molar-refractivity contribution in [2.45, 2.75) is 26.2 Å². The maximum Gasteiger partial charge on any atom is 0.449 e. The minimum atomic E-state index is -4.86. The van der Waals surface area contributed by atoms with E-state index in [1.807, 2.05) is 5.92 Å². The van der Waals surface area contributed by atoms with Gasteiger partial charge >= 0.3 is 12.7 Å². The molecule has 2 aromatic heterocycles. The van der Waals surface area contributed by atoms with Crippen LogP contribution in [0, 0.1) is 25.1 Å². The number of hydrogen-bond donors (Lipinski definition) is 0. The quantitative estimate of drug-likeness (QED) is 0.453. The molecule has 0 saturated carbocycles. The molecule has 152 valence electrons. The molecule has 12 heteroatoms. The van der Waals surface area contributed by atoms with E-state index in [4.69, 9.17) is 18.0 Å². The molecule has 0 unspecified atom stereocenters. The minimum Gasteiger partial charge on any atom is -0.309 e. The van der Waals surface area contributed by atoms with Gasteiger partial charge in [0.05, 0.1) is 23.3 Å². The van der Waals surface area contributed by atoms with Crippen molar-refractivity contribution in [2.75, 3.05) is 0 Å². The third-order valence-corrected chi connectivity index (χ3v) is 4.37. The van der Waals surface area contributed by atoms with Crippen LogP contribution in [0.25, 0.3) is 22.3 Å². The second-order valence-electron chi connectivity index (χ2n) is 5.82. The zero-order chi connectivity index (χ0) is 21.7. The molecule has 3 aromatic rings. The summed E-state index contributed by atoms with van der Waals surface area (Å²) in [5, 5.41) is -0.812. The monoisotopic (exact) mass is 434 g/mol. The first-order valence-corrected chi connectivity index (χ1v) is 8.12. The van der Waals surface area contributed by atoms with Gasteiger partial charge in [-0.15, -0.1) is 6.42 Å². The van der Waals surface area contributed by atoms with Crippen LogP contribution in [0.4, 0.5) is 26.3 Å². The number of imidazole rings is 1. The predicted molar refractivity (Wildman–Crippen MR) is 92.0 cm³/mol. The van der Waals surface area contributed by atoms with Gasteiger partial charge in [0.25, 0.3) is 5.56 Å². The Labute approximate surface area is 163 Å². The summed E-state index contributed by atoms with van der Waals surface area (Å²) >= 11 is 5.82. The second-order valence-corrected chi connectivity index (χ2v) is 6.20. The van der Waals surface area contributed by atoms with Crippen molar-refractivity contribution in [1.82, 2.24) is 19.1 Å². The molecule has 0 fully saturated rings. The van der Waals surface area contributed by atoms with E-state index < -0.39 is 58.6 Å². The van der Waals surface area contributed by atoms with Crippen LogP contribution in [-0.4, -0.2) is 19.1 Å². The molecule has 0 aliphatic rings. The van der Waals surface area contributed by atoms with E-state index in [2.05, 4.69) is 9.97 Å². The van der Waals surface area contributed by atoms with Crippen molar-refractivity contribution in [1.29, 1.82) is 0 Å². The highest BCUT2D eigenvalue weighted by atomic mass is 35.5. The lowest BCUT2D eigenvalue weighted by Gasteiger charge is -2.12. The zero-order valence-corrected chi connectivity index (χ0v) is 15.1. The highest BCUT2D eigenvalue weighted by Crippen LogP contribution is 2.35. The van der Waals surface area contributed by atoms with E-state index in [1.54, 1.807) is 0 Å². The van der Waals surface area contributed by atoms with Crippen molar-refractivity contribution >= 4 is 22.6 Å². The molecule has 0 radical (unpaired) electrons. The van der Waals surface area contributed by atoms with Crippen LogP contribution in [0.5, 0.6) is 0 Å². The van der Waals surface area contributed by atoms with Gasteiger partial charge in [0.15, 0.2) is 0 Å². The average Bonchev–Trinajstić information content (AvgIpc) is 2.95. The Hall–Kier alpha value is -3.00. The molecule has 0 saturated heterocycles. The van der Waals surface area contributed by atoms with Crippen LogP contribution < -0.4 is 5.56 Å². The topological polar surface area (TPSA) is 52.7 Å². The van der Waals surface area contributed by atoms with Crippen molar-refractivity contribution in [3.63, 3.8) is 0 Å². The number of benzene rings is 1. The molecule has 0 aliphatic carbocycles. The van der Waals surface area contributed by atoms with Gasteiger partial charge < -0.3 is 4.57 Å². The lowest BCUT2D eigenvalue weighted by Crippen LogP contribution is -2.25. The molecule has 2 heterocycles. The first kappa shape index (κ1) is 20.7. The number of rotatable bonds is 3. The van der Waals surface area contributed by atoms with Crippen LogP contribution in [-0.2, 0) is 12.7 Å². The number of halogens is 7. The van der Waals surface area contributed by atoms with E-state index >= 15 is 0 Å². The Kier molecular flexibility index (Phi) is 5.08. The van der Waals surface area contributed by atoms with Gasteiger partial charge in [-0.25, -0.2) is 18.9 Å². The third kappa shape index (κ3) is 3.44. The first-order valence-electron chi connectivity index (χ1n) is 7.75. The number of nitrogens with zero attached hydrogens (tertiary/aromatic N) is 4. The zero-order valence-electron chi connectivity index (χ0n) is 14.4. The lowest BCUT2D eigenvalue weighted by atomic mass is 10.1. The fraction of sp³-hybridized carbons (Fsp3) is 0.235. The fourth-order valence-electron chi connectivity index (χ4n) is 2.82. The number of hydrogen-bond acceptors (Lipinski definition) is 3. The number of fused-ring (bicyclic) bond motifs is 1. The summed E-state index contributed by atoms with van der Waals surface area (Å²) in [5.41, 5.74) is -2.82. The molecular weight excluding hydrogens is 426 g/mol. The van der Waals surface area contributed by atoms with Crippen molar-refractivity contribution in [3.8, 4) is 23.6 Å². The summed E-state index contributed by atoms with van der Waals surface area (Å²) in [4.78, 5) is 19.2. The highest BCUT2D eigenvalue weighted by Gasteiger charge is 2.37. The molecule has 0 bridgehead atoms. The molecule has 29 heavy (non-hydrogen) atoms. The number of aromatic nitrogens is 4. The maximum absolute atomic E-state index is 14.6. The number of alkyl halides is 5. The lowest BCUT2D eigenvalue weighted by molar-refractivity contribution is -0.146. The largest absolute Gasteiger partial charge is 0.449 e. The van der Waals surface area contributed by atoms with Crippen molar-refractivity contribution < 1.29 is 26.3 Å². The van der Waals surface area contributed by atoms with E-state index in [-0.39, 0.29) is 15.6 Å². The number of aryl methyl sites for hydroxylation is 1. The highest BCUT2D eigenvalue weighted by molar-refractivity contribution is 6.32. The van der Waals surface area contributed by atoms with Gasteiger partial charge in [-0.3, -0.25) is 4.79 Å². The Morgan fingerprint density at radius 3 is 2.48 bits per heavy atom. The standard InChI is InChI=1S/C17H9ClF6N4O/c1-3-4-27-11-5-8(9(19)6-10(11)26-15(27)17(22,23)24)13-12(18)14(29)28(16(20)21)7(2)25-13/h1,5-6,16H,4H2,2H3. The minimum absolute atomic E-state index is 0.00657. The average molecular weight is 435 g/mol. The van der Waals surface area contributed by atoms with Gasteiger partial charge in [-0.2, -0.15) is 22.0 Å². The van der Waals surface area contributed by atoms with Gasteiger partial charge in [0.2, 0.25) is 5.82 Å². The Bertz CT molecular complexity index is 1220. The van der Waals surface area contributed by atoms with E-state index in [9.17, 15) is 31.1 Å². The Morgan fingerprint density at radius 2 is 1.93 bits per heavy atom. The predicted octanol–water partition coefficient (Wildman–Crippen LogP) is 4.41. The maximum atomic E-state index is 14.6. The summed E-state index contributed by atoms with van der Waals surface area (Å²) in [5.74, 6) is -0.852. The summed E-state index contributed by atoms with van der Waals surface area (Å²) in [7, 11) is 0. The molecular formula is C17H9ClF6N4O. The first-order chi connectivity index (χ1) is 13.5.